The molecule has 1 fully saturated rings. The molecular formula is C20H31N3O. The van der Waals surface area contributed by atoms with E-state index in [2.05, 4.69) is 34.9 Å². The summed E-state index contributed by atoms with van der Waals surface area (Å²) >= 11 is 0. The summed E-state index contributed by atoms with van der Waals surface area (Å²) in [5.41, 5.74) is 2.33. The van der Waals surface area contributed by atoms with Crippen LogP contribution in [0.2, 0.25) is 0 Å². The third kappa shape index (κ3) is 4.10. The zero-order valence-corrected chi connectivity index (χ0v) is 15.0. The van der Waals surface area contributed by atoms with Crippen LogP contribution in [0, 0.1) is 0 Å². The number of likely N-dealkylation sites (tertiary alicyclic amines) is 1. The first kappa shape index (κ1) is 17.3. The van der Waals surface area contributed by atoms with E-state index in [1.807, 2.05) is 11.0 Å². The van der Waals surface area contributed by atoms with Gasteiger partial charge in [-0.2, -0.15) is 0 Å². The summed E-state index contributed by atoms with van der Waals surface area (Å²) in [6.45, 7) is 8.60. The quantitative estimate of drug-likeness (QED) is 0.799. The van der Waals surface area contributed by atoms with Gasteiger partial charge < -0.3 is 14.7 Å². The van der Waals surface area contributed by atoms with Crippen molar-refractivity contribution in [3.05, 3.63) is 24.3 Å². The Morgan fingerprint density at radius 2 is 1.71 bits per heavy atom. The Bertz CT molecular complexity index is 539. The van der Waals surface area contributed by atoms with Crippen molar-refractivity contribution in [2.75, 3.05) is 49.1 Å². The topological polar surface area (TPSA) is 26.8 Å². The number of hydrogen-bond donors (Lipinski definition) is 0. The molecule has 2 heterocycles. The number of piperidine rings is 1. The molecule has 3 rings (SSSR count). The van der Waals surface area contributed by atoms with Crippen LogP contribution in [-0.2, 0) is 4.79 Å². The molecule has 24 heavy (non-hydrogen) atoms. The van der Waals surface area contributed by atoms with Crippen molar-refractivity contribution in [3.63, 3.8) is 0 Å². The van der Waals surface area contributed by atoms with E-state index in [1.54, 1.807) is 0 Å². The van der Waals surface area contributed by atoms with Gasteiger partial charge in [0.1, 0.15) is 0 Å². The molecule has 2 aliphatic heterocycles. The molecule has 0 aliphatic carbocycles. The highest BCUT2D eigenvalue weighted by Gasteiger charge is 2.26. The lowest BCUT2D eigenvalue weighted by atomic mass is 10.1. The Hall–Kier alpha value is -1.55. The van der Waals surface area contributed by atoms with Gasteiger partial charge in [0, 0.05) is 32.6 Å². The summed E-state index contributed by atoms with van der Waals surface area (Å²) in [5, 5.41) is 0. The molecule has 0 atom stereocenters. The van der Waals surface area contributed by atoms with E-state index in [4.69, 9.17) is 0 Å². The smallest absolute Gasteiger partial charge is 0.227 e. The lowest BCUT2D eigenvalue weighted by Gasteiger charge is -2.39. The number of hydrogen-bond acceptors (Lipinski definition) is 3. The molecule has 132 valence electrons. The van der Waals surface area contributed by atoms with Crippen LogP contribution in [0.5, 0.6) is 0 Å². The van der Waals surface area contributed by atoms with Crippen LogP contribution >= 0.6 is 0 Å². The van der Waals surface area contributed by atoms with Crippen LogP contribution in [0.15, 0.2) is 24.3 Å². The van der Waals surface area contributed by atoms with Crippen LogP contribution in [0.4, 0.5) is 11.4 Å². The maximum atomic E-state index is 12.5. The van der Waals surface area contributed by atoms with Gasteiger partial charge in [-0.1, -0.05) is 31.9 Å². The predicted molar refractivity (Wildman–Crippen MR) is 101 cm³/mol. The van der Waals surface area contributed by atoms with Crippen LogP contribution in [0.1, 0.15) is 45.4 Å². The molecule has 0 bridgehead atoms. The molecule has 0 unspecified atom stereocenters. The van der Waals surface area contributed by atoms with Crippen molar-refractivity contribution >= 4 is 17.3 Å². The van der Waals surface area contributed by atoms with Crippen LogP contribution in [-0.4, -0.2) is 50.1 Å². The average molecular weight is 329 g/mol. The van der Waals surface area contributed by atoms with Crippen LogP contribution < -0.4 is 9.80 Å². The van der Waals surface area contributed by atoms with Gasteiger partial charge in [-0.3, -0.25) is 4.79 Å². The van der Waals surface area contributed by atoms with Crippen molar-refractivity contribution in [1.82, 2.24) is 4.90 Å². The van der Waals surface area contributed by atoms with Crippen molar-refractivity contribution < 1.29 is 4.79 Å². The lowest BCUT2D eigenvalue weighted by molar-refractivity contribution is -0.118. The third-order valence-electron chi connectivity index (χ3n) is 5.29. The molecule has 2 aliphatic rings. The van der Waals surface area contributed by atoms with Gasteiger partial charge in [0.05, 0.1) is 11.4 Å². The molecule has 0 N–H and O–H groups in total. The van der Waals surface area contributed by atoms with Crippen molar-refractivity contribution in [2.45, 2.75) is 45.4 Å². The molecule has 4 heteroatoms. The first-order chi connectivity index (χ1) is 11.8. The van der Waals surface area contributed by atoms with Gasteiger partial charge in [-0.25, -0.2) is 0 Å². The highest BCUT2D eigenvalue weighted by Crippen LogP contribution is 2.33. The number of anilines is 2. The normalized spacial score (nSPS) is 18.5. The number of rotatable bonds is 6. The summed E-state index contributed by atoms with van der Waals surface area (Å²) in [6, 6.07) is 8.41. The van der Waals surface area contributed by atoms with Crippen molar-refractivity contribution in [3.8, 4) is 0 Å². The molecule has 1 saturated heterocycles. The fourth-order valence-corrected chi connectivity index (χ4v) is 3.82. The number of carbonyl (C=O) groups excluding carboxylic acids is 1. The summed E-state index contributed by atoms with van der Waals surface area (Å²) in [5.74, 6) is 0.278. The van der Waals surface area contributed by atoms with Gasteiger partial charge in [0.15, 0.2) is 0 Å². The fraction of sp³-hybridized carbons (Fsp3) is 0.650. The standard InChI is InChI=1S/C20H31N3O/c1-2-3-11-20(24)23-17-16-22(18-9-5-6-10-19(18)23)15-14-21-12-7-4-8-13-21/h5-6,9-10H,2-4,7-8,11-17H2,1H3. The summed E-state index contributed by atoms with van der Waals surface area (Å²) in [7, 11) is 0. The van der Waals surface area contributed by atoms with Crippen LogP contribution in [0.3, 0.4) is 0 Å². The monoisotopic (exact) mass is 329 g/mol. The fourth-order valence-electron chi connectivity index (χ4n) is 3.82. The Labute approximate surface area is 146 Å². The van der Waals surface area contributed by atoms with Gasteiger partial charge in [-0.15, -0.1) is 0 Å². The largest absolute Gasteiger partial charge is 0.367 e. The predicted octanol–water partition coefficient (Wildman–Crippen LogP) is 3.52. The first-order valence-electron chi connectivity index (χ1n) is 9.66. The molecule has 4 nitrogen and oxygen atoms in total. The molecule has 0 radical (unpaired) electrons. The SMILES string of the molecule is CCCCC(=O)N1CCN(CCN2CCCCC2)c2ccccc21. The second-order valence-electron chi connectivity index (χ2n) is 7.03. The minimum atomic E-state index is 0.278. The second kappa shape index (κ2) is 8.52. The lowest BCUT2D eigenvalue weighted by Crippen LogP contribution is -2.46. The number of unbranched alkanes of at least 4 members (excludes halogenated alkanes) is 1. The number of para-hydroxylation sites is 2. The Kier molecular flexibility index (Phi) is 6.13. The van der Waals surface area contributed by atoms with E-state index in [-0.39, 0.29) is 5.91 Å². The van der Waals surface area contributed by atoms with E-state index >= 15 is 0 Å². The van der Waals surface area contributed by atoms with E-state index in [0.29, 0.717) is 6.42 Å². The summed E-state index contributed by atoms with van der Waals surface area (Å²) < 4.78 is 0. The van der Waals surface area contributed by atoms with Gasteiger partial charge >= 0.3 is 0 Å². The highest BCUT2D eigenvalue weighted by molar-refractivity contribution is 5.97. The number of fused-ring (bicyclic) bond motifs is 1. The Balaban J connectivity index is 1.65. The van der Waals surface area contributed by atoms with Crippen molar-refractivity contribution in [2.24, 2.45) is 0 Å². The van der Waals surface area contributed by atoms with E-state index in [0.717, 1.165) is 44.7 Å². The summed E-state index contributed by atoms with van der Waals surface area (Å²) in [4.78, 5) is 19.6. The number of benzene rings is 1. The molecule has 1 aromatic rings. The average Bonchev–Trinajstić information content (AvgIpc) is 2.65. The molecule has 0 saturated carbocycles. The molecule has 1 amide bonds. The highest BCUT2D eigenvalue weighted by atomic mass is 16.2. The summed E-state index contributed by atoms with van der Waals surface area (Å²) in [6.07, 6.45) is 6.79. The Morgan fingerprint density at radius 1 is 0.958 bits per heavy atom. The van der Waals surface area contributed by atoms with Crippen molar-refractivity contribution in [1.29, 1.82) is 0 Å². The van der Waals surface area contributed by atoms with E-state index in [1.165, 1.54) is 38.0 Å². The van der Waals surface area contributed by atoms with Gasteiger partial charge in [0.25, 0.3) is 0 Å². The molecule has 0 aromatic heterocycles. The minimum Gasteiger partial charge on any atom is -0.367 e. The van der Waals surface area contributed by atoms with Crippen LogP contribution in [0.25, 0.3) is 0 Å². The van der Waals surface area contributed by atoms with E-state index < -0.39 is 0 Å². The van der Waals surface area contributed by atoms with Gasteiger partial charge in [-0.05, 0) is 44.5 Å². The molecule has 0 spiro atoms. The first-order valence-corrected chi connectivity index (χ1v) is 9.66. The second-order valence-corrected chi connectivity index (χ2v) is 7.03. The number of carbonyl (C=O) groups is 1. The zero-order valence-electron chi connectivity index (χ0n) is 15.0. The third-order valence-corrected chi connectivity index (χ3v) is 5.29. The zero-order chi connectivity index (χ0) is 16.8. The number of amides is 1. The maximum Gasteiger partial charge on any atom is 0.227 e. The molecule has 1 aromatic carbocycles. The Morgan fingerprint density at radius 3 is 2.46 bits per heavy atom. The minimum absolute atomic E-state index is 0.278. The number of nitrogens with zero attached hydrogens (tertiary/aromatic N) is 3. The molecular weight excluding hydrogens is 298 g/mol. The maximum absolute atomic E-state index is 12.5. The van der Waals surface area contributed by atoms with Gasteiger partial charge in [0.2, 0.25) is 5.91 Å². The van der Waals surface area contributed by atoms with E-state index in [9.17, 15) is 4.79 Å².